The Balaban J connectivity index is 2.14. The Hall–Kier alpha value is -0.723. The Bertz CT molecular complexity index is 426. The zero-order valence-electron chi connectivity index (χ0n) is 13.1. The molecular formula is C14H24O5Si. The van der Waals surface area contributed by atoms with Gasteiger partial charge in [0.05, 0.1) is 6.10 Å². The predicted octanol–water partition coefficient (Wildman–Crippen LogP) is 2.05. The summed E-state index contributed by atoms with van der Waals surface area (Å²) in [5.41, 5.74) is 0. The van der Waals surface area contributed by atoms with Crippen molar-refractivity contribution in [3.63, 3.8) is 0 Å². The molecule has 4 atom stereocenters. The molecule has 20 heavy (non-hydrogen) atoms. The number of rotatable bonds is 3. The molecule has 0 aromatic carbocycles. The summed E-state index contributed by atoms with van der Waals surface area (Å²) >= 11 is 0. The first kappa shape index (κ1) is 15.7. The van der Waals surface area contributed by atoms with Crippen LogP contribution in [0.15, 0.2) is 0 Å². The summed E-state index contributed by atoms with van der Waals surface area (Å²) in [6, 6.07) is 0. The van der Waals surface area contributed by atoms with Gasteiger partial charge >= 0.3 is 5.97 Å². The summed E-state index contributed by atoms with van der Waals surface area (Å²) in [4.78, 5) is 23.1. The lowest BCUT2D eigenvalue weighted by atomic mass is 9.94. The number of hydrogen-bond acceptors (Lipinski definition) is 5. The number of hydrogen-bond donors (Lipinski definition) is 0. The highest BCUT2D eigenvalue weighted by Crippen LogP contribution is 2.42. The number of Topliss-reactive ketones (excluding diaryl/α,β-unsaturated/α-hetero) is 1. The maximum absolute atomic E-state index is 11.9. The Labute approximate surface area is 121 Å². The molecule has 0 amide bonds. The van der Waals surface area contributed by atoms with E-state index in [1.165, 1.54) is 6.92 Å². The molecule has 2 rings (SSSR count). The van der Waals surface area contributed by atoms with Crippen LogP contribution >= 0.6 is 0 Å². The van der Waals surface area contributed by atoms with Gasteiger partial charge < -0.3 is 13.9 Å². The van der Waals surface area contributed by atoms with E-state index in [1.54, 1.807) is 0 Å². The van der Waals surface area contributed by atoms with Gasteiger partial charge in [-0.3, -0.25) is 9.59 Å². The average molecular weight is 300 g/mol. The van der Waals surface area contributed by atoms with Crippen LogP contribution in [0.25, 0.3) is 0 Å². The molecular weight excluding hydrogens is 276 g/mol. The first-order chi connectivity index (χ1) is 9.03. The fourth-order valence-corrected chi connectivity index (χ4v) is 3.60. The van der Waals surface area contributed by atoms with Crippen LogP contribution in [0.3, 0.4) is 0 Å². The number of epoxide rings is 1. The molecule has 1 aliphatic heterocycles. The molecule has 0 radical (unpaired) electrons. The fourth-order valence-electron chi connectivity index (χ4n) is 2.27. The van der Waals surface area contributed by atoms with Gasteiger partial charge in [-0.05, 0) is 18.1 Å². The summed E-state index contributed by atoms with van der Waals surface area (Å²) in [6.45, 7) is 12.0. The lowest BCUT2D eigenvalue weighted by Crippen LogP contribution is -2.52. The van der Waals surface area contributed by atoms with E-state index < -0.39 is 20.5 Å². The summed E-state index contributed by atoms with van der Waals surface area (Å²) in [7, 11) is -2.02. The molecule has 0 unspecified atom stereocenters. The summed E-state index contributed by atoms with van der Waals surface area (Å²) in [6.07, 6.45) is -1.26. The number of carbonyl (C=O) groups is 2. The minimum atomic E-state index is -2.02. The van der Waals surface area contributed by atoms with Gasteiger partial charge in [-0.25, -0.2) is 0 Å². The third-order valence-corrected chi connectivity index (χ3v) is 8.99. The number of fused-ring (bicyclic) bond motifs is 1. The normalized spacial score (nSPS) is 33.6. The molecule has 0 bridgehead atoms. The second kappa shape index (κ2) is 4.93. The van der Waals surface area contributed by atoms with Crippen molar-refractivity contribution in [1.29, 1.82) is 0 Å². The van der Waals surface area contributed by atoms with E-state index in [-0.39, 0.29) is 35.4 Å². The smallest absolute Gasteiger partial charge is 0.303 e. The van der Waals surface area contributed by atoms with Crippen molar-refractivity contribution in [2.45, 2.75) is 76.7 Å². The predicted molar refractivity (Wildman–Crippen MR) is 75.9 cm³/mol. The van der Waals surface area contributed by atoms with Crippen molar-refractivity contribution in [2.75, 3.05) is 0 Å². The average Bonchev–Trinajstić information content (AvgIpc) is 3.01. The highest BCUT2D eigenvalue weighted by molar-refractivity contribution is 6.74. The lowest BCUT2D eigenvalue weighted by Gasteiger charge is -2.41. The summed E-state index contributed by atoms with van der Waals surface area (Å²) < 4.78 is 17.0. The fraction of sp³-hybridized carbons (Fsp3) is 0.857. The Morgan fingerprint density at radius 1 is 1.35 bits per heavy atom. The zero-order valence-corrected chi connectivity index (χ0v) is 14.1. The van der Waals surface area contributed by atoms with Crippen molar-refractivity contribution >= 4 is 20.1 Å². The third-order valence-electron chi connectivity index (χ3n) is 4.49. The molecule has 0 aromatic rings. The Kier molecular flexibility index (Phi) is 3.86. The first-order valence-corrected chi connectivity index (χ1v) is 9.97. The van der Waals surface area contributed by atoms with E-state index in [0.29, 0.717) is 0 Å². The van der Waals surface area contributed by atoms with Gasteiger partial charge in [0.1, 0.15) is 12.2 Å². The van der Waals surface area contributed by atoms with Gasteiger partial charge in [0.25, 0.3) is 0 Å². The van der Waals surface area contributed by atoms with E-state index >= 15 is 0 Å². The second-order valence-electron chi connectivity index (χ2n) is 7.18. The van der Waals surface area contributed by atoms with Crippen molar-refractivity contribution in [2.24, 2.45) is 0 Å². The van der Waals surface area contributed by atoms with E-state index in [1.807, 2.05) is 0 Å². The zero-order chi connectivity index (χ0) is 15.3. The number of carbonyl (C=O) groups excluding carboxylic acids is 2. The summed E-state index contributed by atoms with van der Waals surface area (Å²) in [5, 5.41) is 0.0398. The minimum Gasteiger partial charge on any atom is -0.457 e. The topological polar surface area (TPSA) is 65.1 Å². The maximum atomic E-state index is 11.9. The number of ketones is 1. The standard InChI is InChI=1S/C14H24O5Si/c1-8(15)17-12-10(7-9(16)11-13(12)18-11)19-20(5,6)14(2,3)4/h10-13H,7H2,1-6H3/t10-,11-,12+,13-/m1/s1. The Morgan fingerprint density at radius 2 is 1.95 bits per heavy atom. The lowest BCUT2D eigenvalue weighted by molar-refractivity contribution is -0.155. The van der Waals surface area contributed by atoms with Crippen LogP contribution in [0.1, 0.15) is 34.1 Å². The molecule has 1 heterocycles. The van der Waals surface area contributed by atoms with Gasteiger partial charge in [0, 0.05) is 13.3 Å². The van der Waals surface area contributed by atoms with Crippen molar-refractivity contribution in [3.8, 4) is 0 Å². The van der Waals surface area contributed by atoms with Crippen LogP contribution in [0, 0.1) is 0 Å². The molecule has 1 saturated heterocycles. The van der Waals surface area contributed by atoms with E-state index in [2.05, 4.69) is 33.9 Å². The molecule has 0 aromatic heterocycles. The largest absolute Gasteiger partial charge is 0.457 e. The Morgan fingerprint density at radius 3 is 2.45 bits per heavy atom. The van der Waals surface area contributed by atoms with Gasteiger partial charge in [-0.15, -0.1) is 0 Å². The minimum absolute atomic E-state index is 0.0398. The van der Waals surface area contributed by atoms with Crippen molar-refractivity contribution in [1.82, 2.24) is 0 Å². The van der Waals surface area contributed by atoms with Crippen molar-refractivity contribution < 1.29 is 23.5 Å². The highest BCUT2D eigenvalue weighted by atomic mass is 28.4. The van der Waals surface area contributed by atoms with Gasteiger partial charge in [0.15, 0.2) is 20.2 Å². The van der Waals surface area contributed by atoms with Crippen LogP contribution in [-0.4, -0.2) is 44.5 Å². The first-order valence-electron chi connectivity index (χ1n) is 7.06. The van der Waals surface area contributed by atoms with Crippen LogP contribution in [0.2, 0.25) is 18.1 Å². The van der Waals surface area contributed by atoms with Gasteiger partial charge in [-0.1, -0.05) is 20.8 Å². The number of ether oxygens (including phenoxy) is 2. The molecule has 5 nitrogen and oxygen atoms in total. The molecule has 2 fully saturated rings. The number of esters is 1. The monoisotopic (exact) mass is 300 g/mol. The SMILES string of the molecule is CC(=O)O[C@@H]1[C@@H]2O[C@@H]2C(=O)C[C@H]1O[Si](C)(C)C(C)(C)C. The van der Waals surface area contributed by atoms with E-state index in [4.69, 9.17) is 13.9 Å². The van der Waals surface area contributed by atoms with Crippen LogP contribution < -0.4 is 0 Å². The molecule has 1 saturated carbocycles. The molecule has 6 heteroatoms. The van der Waals surface area contributed by atoms with Gasteiger partial charge in [0.2, 0.25) is 0 Å². The molecule has 1 aliphatic carbocycles. The highest BCUT2D eigenvalue weighted by Gasteiger charge is 2.59. The second-order valence-corrected chi connectivity index (χ2v) is 11.9. The van der Waals surface area contributed by atoms with Crippen LogP contribution in [-0.2, 0) is 23.5 Å². The molecule has 2 aliphatic rings. The third kappa shape index (κ3) is 2.97. The van der Waals surface area contributed by atoms with Crippen molar-refractivity contribution in [3.05, 3.63) is 0 Å². The van der Waals surface area contributed by atoms with Gasteiger partial charge in [-0.2, -0.15) is 0 Å². The molecule has 114 valence electrons. The van der Waals surface area contributed by atoms with E-state index in [0.717, 1.165) is 0 Å². The molecule has 0 spiro atoms. The molecule has 0 N–H and O–H groups in total. The summed E-state index contributed by atoms with van der Waals surface area (Å²) in [5.74, 6) is -0.301. The maximum Gasteiger partial charge on any atom is 0.303 e. The van der Waals surface area contributed by atoms with E-state index in [9.17, 15) is 9.59 Å². The van der Waals surface area contributed by atoms with Crippen LogP contribution in [0.4, 0.5) is 0 Å². The quantitative estimate of drug-likeness (QED) is 0.453. The van der Waals surface area contributed by atoms with Crippen LogP contribution in [0.5, 0.6) is 0 Å².